The van der Waals surface area contributed by atoms with Crippen LogP contribution in [0.25, 0.3) is 0 Å². The molecule has 3 heteroatoms. The Hall–Kier alpha value is -1.74. The minimum absolute atomic E-state index is 0.139. The predicted octanol–water partition coefficient (Wildman–Crippen LogP) is 4.46. The van der Waals surface area contributed by atoms with E-state index in [9.17, 15) is 8.78 Å². The van der Waals surface area contributed by atoms with Crippen LogP contribution in [0.3, 0.4) is 0 Å². The number of halogens is 2. The topological polar surface area (TPSA) is 12.0 Å². The summed E-state index contributed by atoms with van der Waals surface area (Å²) in [6, 6.07) is 10.5. The van der Waals surface area contributed by atoms with Gasteiger partial charge in [-0.2, -0.15) is 0 Å². The van der Waals surface area contributed by atoms with Crippen molar-refractivity contribution in [3.63, 3.8) is 0 Å². The van der Waals surface area contributed by atoms with Crippen LogP contribution in [0.2, 0.25) is 0 Å². The number of benzene rings is 2. The zero-order valence-corrected chi connectivity index (χ0v) is 12.3. The molecule has 1 N–H and O–H groups in total. The van der Waals surface area contributed by atoms with Crippen LogP contribution in [0, 0.1) is 18.6 Å². The lowest BCUT2D eigenvalue weighted by atomic mass is 9.76. The van der Waals surface area contributed by atoms with Crippen molar-refractivity contribution in [1.82, 2.24) is 5.32 Å². The highest BCUT2D eigenvalue weighted by Gasteiger charge is 2.28. The van der Waals surface area contributed by atoms with Crippen molar-refractivity contribution in [2.24, 2.45) is 0 Å². The molecule has 0 aliphatic heterocycles. The molecule has 110 valence electrons. The number of aryl methyl sites for hydroxylation is 1. The van der Waals surface area contributed by atoms with E-state index in [-0.39, 0.29) is 23.6 Å². The molecule has 0 amide bonds. The highest BCUT2D eigenvalue weighted by Crippen LogP contribution is 2.41. The molecule has 21 heavy (non-hydrogen) atoms. The van der Waals surface area contributed by atoms with E-state index in [1.807, 2.05) is 25.2 Å². The van der Waals surface area contributed by atoms with Crippen molar-refractivity contribution in [1.29, 1.82) is 0 Å². The van der Waals surface area contributed by atoms with Crippen LogP contribution >= 0.6 is 0 Å². The van der Waals surface area contributed by atoms with Crippen LogP contribution in [-0.4, -0.2) is 7.05 Å². The first-order valence-electron chi connectivity index (χ1n) is 7.33. The molecular weight excluding hydrogens is 268 g/mol. The van der Waals surface area contributed by atoms with E-state index >= 15 is 0 Å². The van der Waals surface area contributed by atoms with Crippen molar-refractivity contribution >= 4 is 0 Å². The maximum Gasteiger partial charge on any atom is 0.126 e. The van der Waals surface area contributed by atoms with Crippen LogP contribution in [0.4, 0.5) is 8.78 Å². The number of nitrogens with one attached hydrogen (secondary N) is 1. The van der Waals surface area contributed by atoms with Gasteiger partial charge in [0.1, 0.15) is 11.6 Å². The second kappa shape index (κ2) is 5.57. The molecule has 2 atom stereocenters. The Balaban J connectivity index is 2.08. The molecule has 1 nitrogen and oxygen atoms in total. The molecule has 0 saturated carbocycles. The molecule has 0 heterocycles. The largest absolute Gasteiger partial charge is 0.313 e. The van der Waals surface area contributed by atoms with E-state index < -0.39 is 0 Å². The SMILES string of the molecule is CN[C@H]1CC[C@@H](c2ccc(F)c(C)c2)c2cc(F)ccc21. The zero-order valence-electron chi connectivity index (χ0n) is 12.3. The van der Waals surface area contributed by atoms with E-state index in [0.717, 1.165) is 29.5 Å². The highest BCUT2D eigenvalue weighted by atomic mass is 19.1. The number of rotatable bonds is 2. The summed E-state index contributed by atoms with van der Waals surface area (Å²) in [5.74, 6) is -0.268. The van der Waals surface area contributed by atoms with Gasteiger partial charge in [0.05, 0.1) is 0 Å². The van der Waals surface area contributed by atoms with E-state index in [2.05, 4.69) is 5.32 Å². The van der Waals surface area contributed by atoms with Crippen molar-refractivity contribution in [3.8, 4) is 0 Å². The Morgan fingerprint density at radius 3 is 2.52 bits per heavy atom. The standard InChI is InChI=1S/C18H19F2N/c1-11-9-12(3-7-17(11)20)14-6-8-18(21-2)15-5-4-13(19)10-16(14)15/h3-5,7,9-10,14,18,21H,6,8H2,1-2H3/t14-,18-/m0/s1. The first-order chi connectivity index (χ1) is 10.1. The summed E-state index contributed by atoms with van der Waals surface area (Å²) in [4.78, 5) is 0. The predicted molar refractivity (Wildman–Crippen MR) is 80.4 cm³/mol. The number of hydrogen-bond donors (Lipinski definition) is 1. The van der Waals surface area contributed by atoms with Gasteiger partial charge < -0.3 is 5.32 Å². The van der Waals surface area contributed by atoms with Crippen LogP contribution in [0.5, 0.6) is 0 Å². The molecule has 0 spiro atoms. The average molecular weight is 287 g/mol. The van der Waals surface area contributed by atoms with Crippen LogP contribution < -0.4 is 5.32 Å². The van der Waals surface area contributed by atoms with Crippen molar-refractivity contribution in [2.75, 3.05) is 7.05 Å². The van der Waals surface area contributed by atoms with Gasteiger partial charge in [0, 0.05) is 12.0 Å². The van der Waals surface area contributed by atoms with E-state index in [1.54, 1.807) is 13.0 Å². The lowest BCUT2D eigenvalue weighted by molar-refractivity contribution is 0.467. The summed E-state index contributed by atoms with van der Waals surface area (Å²) in [6.45, 7) is 1.77. The maximum atomic E-state index is 13.7. The molecule has 3 rings (SSSR count). The summed E-state index contributed by atoms with van der Waals surface area (Å²) >= 11 is 0. The average Bonchev–Trinajstić information content (AvgIpc) is 2.49. The molecule has 0 unspecified atom stereocenters. The van der Waals surface area contributed by atoms with Gasteiger partial charge in [-0.3, -0.25) is 0 Å². The zero-order chi connectivity index (χ0) is 15.0. The monoisotopic (exact) mass is 287 g/mol. The van der Waals surface area contributed by atoms with Gasteiger partial charge in [0.2, 0.25) is 0 Å². The van der Waals surface area contributed by atoms with Gasteiger partial charge in [-0.15, -0.1) is 0 Å². The third-order valence-corrected chi connectivity index (χ3v) is 4.48. The van der Waals surface area contributed by atoms with Crippen LogP contribution in [0.1, 0.15) is 47.1 Å². The molecule has 0 saturated heterocycles. The summed E-state index contributed by atoms with van der Waals surface area (Å²) in [6.07, 6.45) is 1.93. The summed E-state index contributed by atoms with van der Waals surface area (Å²) in [5, 5.41) is 3.29. The van der Waals surface area contributed by atoms with E-state index in [4.69, 9.17) is 0 Å². The molecule has 1 aliphatic rings. The minimum atomic E-state index is -0.214. The second-order valence-corrected chi connectivity index (χ2v) is 5.75. The Bertz CT molecular complexity index is 666. The second-order valence-electron chi connectivity index (χ2n) is 5.75. The molecule has 0 aromatic heterocycles. The van der Waals surface area contributed by atoms with Crippen LogP contribution in [-0.2, 0) is 0 Å². The number of fused-ring (bicyclic) bond motifs is 1. The van der Waals surface area contributed by atoms with Crippen molar-refractivity contribution in [2.45, 2.75) is 31.7 Å². The molecule has 0 fully saturated rings. The normalized spacial score (nSPS) is 21.1. The van der Waals surface area contributed by atoms with Crippen LogP contribution in [0.15, 0.2) is 36.4 Å². The molecule has 1 aliphatic carbocycles. The first-order valence-corrected chi connectivity index (χ1v) is 7.33. The highest BCUT2D eigenvalue weighted by molar-refractivity contribution is 5.43. The van der Waals surface area contributed by atoms with Crippen molar-refractivity contribution < 1.29 is 8.78 Å². The lowest BCUT2D eigenvalue weighted by Gasteiger charge is -2.32. The Morgan fingerprint density at radius 1 is 1.00 bits per heavy atom. The summed E-state index contributed by atoms with van der Waals surface area (Å²) in [5.41, 5.74) is 3.88. The fourth-order valence-electron chi connectivity index (χ4n) is 3.34. The Kier molecular flexibility index (Phi) is 3.77. The quantitative estimate of drug-likeness (QED) is 0.860. The van der Waals surface area contributed by atoms with E-state index in [0.29, 0.717) is 5.56 Å². The van der Waals surface area contributed by atoms with Crippen molar-refractivity contribution in [3.05, 3.63) is 70.3 Å². The van der Waals surface area contributed by atoms with Gasteiger partial charge in [-0.1, -0.05) is 18.2 Å². The molecule has 2 aromatic rings. The molecule has 2 aromatic carbocycles. The lowest BCUT2D eigenvalue weighted by Crippen LogP contribution is -2.24. The molecule has 0 bridgehead atoms. The molecule has 0 radical (unpaired) electrons. The smallest absolute Gasteiger partial charge is 0.126 e. The summed E-state index contributed by atoms with van der Waals surface area (Å²) < 4.78 is 27.2. The van der Waals surface area contributed by atoms with Gasteiger partial charge in [-0.25, -0.2) is 8.78 Å². The van der Waals surface area contributed by atoms with Gasteiger partial charge in [-0.05, 0) is 67.3 Å². The Morgan fingerprint density at radius 2 is 1.81 bits per heavy atom. The summed E-state index contributed by atoms with van der Waals surface area (Å²) in [7, 11) is 1.93. The minimum Gasteiger partial charge on any atom is -0.313 e. The van der Waals surface area contributed by atoms with Gasteiger partial charge >= 0.3 is 0 Å². The molecular formula is C18H19F2N. The maximum absolute atomic E-state index is 13.7. The van der Waals surface area contributed by atoms with E-state index in [1.165, 1.54) is 12.1 Å². The fraction of sp³-hybridized carbons (Fsp3) is 0.333. The van der Waals surface area contributed by atoms with Gasteiger partial charge in [0.15, 0.2) is 0 Å². The fourth-order valence-corrected chi connectivity index (χ4v) is 3.34. The number of hydrogen-bond acceptors (Lipinski definition) is 1. The third-order valence-electron chi connectivity index (χ3n) is 4.48. The van der Waals surface area contributed by atoms with Gasteiger partial charge in [0.25, 0.3) is 0 Å². The Labute approximate surface area is 124 Å². The first kappa shape index (κ1) is 14.2. The third kappa shape index (κ3) is 2.58.